The summed E-state index contributed by atoms with van der Waals surface area (Å²) in [6.45, 7) is 3.86. The minimum Gasteiger partial charge on any atom is -0.382 e. The van der Waals surface area contributed by atoms with E-state index >= 15 is 0 Å². The van der Waals surface area contributed by atoms with E-state index in [4.69, 9.17) is 4.74 Å². The SMILES string of the molecule is CCOCCCNC(=O)c1cccc(NC(=O)C2CC3CCCCC3N2)c1.Cl. The fraction of sp³-hybridized carbons (Fsp3) is 0.619. The van der Waals surface area contributed by atoms with Crippen LogP contribution in [-0.2, 0) is 9.53 Å². The second kappa shape index (κ2) is 11.4. The van der Waals surface area contributed by atoms with Crippen LogP contribution in [0.4, 0.5) is 5.69 Å². The Morgan fingerprint density at radius 1 is 1.25 bits per heavy atom. The maximum Gasteiger partial charge on any atom is 0.251 e. The molecule has 7 heteroatoms. The molecule has 3 atom stereocenters. The summed E-state index contributed by atoms with van der Waals surface area (Å²) in [4.78, 5) is 24.9. The summed E-state index contributed by atoms with van der Waals surface area (Å²) in [5, 5.41) is 9.35. The van der Waals surface area contributed by atoms with Gasteiger partial charge >= 0.3 is 0 Å². The van der Waals surface area contributed by atoms with Crippen LogP contribution in [0.25, 0.3) is 0 Å². The Balaban J connectivity index is 0.00000280. The first kappa shape index (κ1) is 22.7. The molecule has 1 aliphatic carbocycles. The molecule has 3 rings (SSSR count). The molecule has 2 fully saturated rings. The molecular weight excluding hydrogens is 378 g/mol. The molecule has 1 saturated carbocycles. The summed E-state index contributed by atoms with van der Waals surface area (Å²) in [5.41, 5.74) is 1.22. The summed E-state index contributed by atoms with van der Waals surface area (Å²) in [7, 11) is 0. The van der Waals surface area contributed by atoms with Crippen LogP contribution in [0.2, 0.25) is 0 Å². The molecular formula is C21H32ClN3O3. The number of hydrogen-bond acceptors (Lipinski definition) is 4. The summed E-state index contributed by atoms with van der Waals surface area (Å²) in [6.07, 6.45) is 6.62. The molecule has 0 bridgehead atoms. The lowest BCUT2D eigenvalue weighted by Gasteiger charge is -2.24. The number of benzene rings is 1. The third-order valence-corrected chi connectivity index (χ3v) is 5.53. The van der Waals surface area contributed by atoms with E-state index in [-0.39, 0.29) is 30.3 Å². The molecule has 0 spiro atoms. The minimum atomic E-state index is -0.132. The van der Waals surface area contributed by atoms with Crippen molar-refractivity contribution in [3.8, 4) is 0 Å². The van der Waals surface area contributed by atoms with Gasteiger partial charge in [0.15, 0.2) is 0 Å². The highest BCUT2D eigenvalue weighted by Gasteiger charge is 2.38. The lowest BCUT2D eigenvalue weighted by atomic mass is 9.85. The van der Waals surface area contributed by atoms with Crippen molar-refractivity contribution in [2.45, 2.75) is 57.5 Å². The molecule has 3 unspecified atom stereocenters. The largest absolute Gasteiger partial charge is 0.382 e. The first-order chi connectivity index (χ1) is 13.2. The van der Waals surface area contributed by atoms with Gasteiger partial charge in [-0.15, -0.1) is 12.4 Å². The molecule has 1 aromatic rings. The Kier molecular flexibility index (Phi) is 9.22. The van der Waals surface area contributed by atoms with Crippen molar-refractivity contribution >= 4 is 29.9 Å². The fourth-order valence-corrected chi connectivity index (χ4v) is 4.11. The number of ether oxygens (including phenoxy) is 1. The van der Waals surface area contributed by atoms with Crippen molar-refractivity contribution in [1.29, 1.82) is 0 Å². The predicted molar refractivity (Wildman–Crippen MR) is 113 cm³/mol. The molecule has 1 heterocycles. The molecule has 1 aliphatic heterocycles. The zero-order valence-corrected chi connectivity index (χ0v) is 17.4. The van der Waals surface area contributed by atoms with Gasteiger partial charge in [0.2, 0.25) is 5.91 Å². The molecule has 28 heavy (non-hydrogen) atoms. The van der Waals surface area contributed by atoms with Gasteiger partial charge in [-0.25, -0.2) is 0 Å². The maximum absolute atomic E-state index is 12.6. The van der Waals surface area contributed by atoms with Gasteiger partial charge in [-0.1, -0.05) is 18.9 Å². The monoisotopic (exact) mass is 409 g/mol. The molecule has 1 saturated heterocycles. The van der Waals surface area contributed by atoms with E-state index in [0.29, 0.717) is 43.0 Å². The highest BCUT2D eigenvalue weighted by Crippen LogP contribution is 2.33. The standard InChI is InChI=1S/C21H31N3O3.ClH/c1-2-27-12-6-11-22-20(25)16-8-5-9-17(13-16)23-21(26)19-14-15-7-3-4-10-18(15)24-19;/h5,8-9,13,15,18-19,24H,2-4,6-7,10-12,14H2,1H3,(H,22,25)(H,23,26);1H. The number of rotatable bonds is 8. The molecule has 6 nitrogen and oxygen atoms in total. The van der Waals surface area contributed by atoms with Crippen molar-refractivity contribution in [3.05, 3.63) is 29.8 Å². The van der Waals surface area contributed by atoms with Crippen LogP contribution in [0.15, 0.2) is 24.3 Å². The third-order valence-electron chi connectivity index (χ3n) is 5.53. The Labute approximate surface area is 173 Å². The van der Waals surface area contributed by atoms with E-state index in [1.807, 2.05) is 13.0 Å². The van der Waals surface area contributed by atoms with Gasteiger partial charge in [-0.3, -0.25) is 9.59 Å². The lowest BCUT2D eigenvalue weighted by molar-refractivity contribution is -0.117. The van der Waals surface area contributed by atoms with Crippen LogP contribution in [0.3, 0.4) is 0 Å². The molecule has 3 N–H and O–H groups in total. The zero-order valence-electron chi connectivity index (χ0n) is 16.5. The Bertz CT molecular complexity index is 642. The van der Waals surface area contributed by atoms with Gasteiger partial charge < -0.3 is 20.7 Å². The smallest absolute Gasteiger partial charge is 0.251 e. The van der Waals surface area contributed by atoms with E-state index in [1.165, 1.54) is 25.7 Å². The number of halogens is 1. The zero-order chi connectivity index (χ0) is 19.1. The van der Waals surface area contributed by atoms with Gasteiger partial charge in [0.1, 0.15) is 0 Å². The molecule has 0 aromatic heterocycles. The molecule has 2 aliphatic rings. The summed E-state index contributed by atoms with van der Waals surface area (Å²) < 4.78 is 5.26. The molecule has 1 aromatic carbocycles. The van der Waals surface area contributed by atoms with Crippen LogP contribution in [0.5, 0.6) is 0 Å². The summed E-state index contributed by atoms with van der Waals surface area (Å²) in [5.74, 6) is 0.495. The van der Waals surface area contributed by atoms with Gasteiger partial charge in [0.25, 0.3) is 5.91 Å². The topological polar surface area (TPSA) is 79.5 Å². The van der Waals surface area contributed by atoms with Crippen LogP contribution >= 0.6 is 12.4 Å². The number of carbonyl (C=O) groups excluding carboxylic acids is 2. The highest BCUT2D eigenvalue weighted by atomic mass is 35.5. The second-order valence-electron chi connectivity index (χ2n) is 7.48. The first-order valence-electron chi connectivity index (χ1n) is 10.2. The number of anilines is 1. The Morgan fingerprint density at radius 2 is 2.07 bits per heavy atom. The lowest BCUT2D eigenvalue weighted by Crippen LogP contribution is -2.39. The van der Waals surface area contributed by atoms with Crippen molar-refractivity contribution in [1.82, 2.24) is 10.6 Å². The average Bonchev–Trinajstić information content (AvgIpc) is 3.12. The summed E-state index contributed by atoms with van der Waals surface area (Å²) >= 11 is 0. The molecule has 156 valence electrons. The van der Waals surface area contributed by atoms with E-state index in [2.05, 4.69) is 16.0 Å². The van der Waals surface area contributed by atoms with E-state index < -0.39 is 0 Å². The van der Waals surface area contributed by atoms with E-state index in [1.54, 1.807) is 18.2 Å². The first-order valence-corrected chi connectivity index (χ1v) is 10.2. The quantitative estimate of drug-likeness (QED) is 0.576. The predicted octanol–water partition coefficient (Wildman–Crippen LogP) is 3.12. The Morgan fingerprint density at radius 3 is 2.86 bits per heavy atom. The maximum atomic E-state index is 12.6. The van der Waals surface area contributed by atoms with Gasteiger partial charge in [-0.2, -0.15) is 0 Å². The number of hydrogen-bond donors (Lipinski definition) is 3. The van der Waals surface area contributed by atoms with Crippen molar-refractivity contribution in [2.75, 3.05) is 25.1 Å². The normalized spacial score (nSPS) is 23.4. The van der Waals surface area contributed by atoms with Crippen molar-refractivity contribution in [3.63, 3.8) is 0 Å². The summed E-state index contributed by atoms with van der Waals surface area (Å²) in [6, 6.07) is 7.48. The third kappa shape index (κ3) is 6.19. The van der Waals surface area contributed by atoms with Crippen LogP contribution in [0, 0.1) is 5.92 Å². The van der Waals surface area contributed by atoms with Crippen LogP contribution in [0.1, 0.15) is 55.8 Å². The van der Waals surface area contributed by atoms with Crippen molar-refractivity contribution in [2.24, 2.45) is 5.92 Å². The van der Waals surface area contributed by atoms with E-state index in [0.717, 1.165) is 12.8 Å². The number of carbonyl (C=O) groups is 2. The second-order valence-corrected chi connectivity index (χ2v) is 7.48. The average molecular weight is 410 g/mol. The Hall–Kier alpha value is -1.63. The van der Waals surface area contributed by atoms with Crippen LogP contribution < -0.4 is 16.0 Å². The van der Waals surface area contributed by atoms with Crippen LogP contribution in [-0.4, -0.2) is 43.7 Å². The van der Waals surface area contributed by atoms with Gasteiger partial charge in [-0.05, 0) is 56.7 Å². The highest BCUT2D eigenvalue weighted by molar-refractivity contribution is 5.98. The van der Waals surface area contributed by atoms with Gasteiger partial charge in [0, 0.05) is 37.1 Å². The number of nitrogens with one attached hydrogen (secondary N) is 3. The fourth-order valence-electron chi connectivity index (χ4n) is 4.11. The van der Waals surface area contributed by atoms with Crippen molar-refractivity contribution < 1.29 is 14.3 Å². The molecule has 2 amide bonds. The van der Waals surface area contributed by atoms with Gasteiger partial charge in [0.05, 0.1) is 6.04 Å². The number of fused-ring (bicyclic) bond motifs is 1. The molecule has 0 radical (unpaired) electrons. The number of amides is 2. The van der Waals surface area contributed by atoms with E-state index in [9.17, 15) is 9.59 Å². The minimum absolute atomic E-state index is 0.